The molecule has 2 N–H and O–H groups in total. The summed E-state index contributed by atoms with van der Waals surface area (Å²) in [6.07, 6.45) is 0.902. The molecular formula is C12H16BrClN2O. The van der Waals surface area contributed by atoms with Crippen molar-refractivity contribution in [2.45, 2.75) is 19.4 Å². The second kappa shape index (κ2) is 5.85. The molecule has 0 unspecified atom stereocenters. The molecule has 17 heavy (non-hydrogen) atoms. The minimum atomic E-state index is 0. The maximum atomic E-state index is 12.1. The third-order valence-electron chi connectivity index (χ3n) is 2.80. The molecule has 5 heteroatoms. The molecule has 0 aliphatic carbocycles. The van der Waals surface area contributed by atoms with Gasteiger partial charge in [-0.1, -0.05) is 15.9 Å². The van der Waals surface area contributed by atoms with E-state index in [1.807, 2.05) is 30.0 Å². The highest BCUT2D eigenvalue weighted by atomic mass is 79.9. The Morgan fingerprint density at radius 2 is 2.18 bits per heavy atom. The van der Waals surface area contributed by atoms with Crippen LogP contribution in [0.4, 0.5) is 0 Å². The average molecular weight is 320 g/mol. The van der Waals surface area contributed by atoms with Gasteiger partial charge in [0, 0.05) is 29.2 Å². The predicted molar refractivity (Wildman–Crippen MR) is 74.6 cm³/mol. The van der Waals surface area contributed by atoms with E-state index in [1.54, 1.807) is 0 Å². The molecule has 1 saturated heterocycles. The number of benzene rings is 1. The van der Waals surface area contributed by atoms with Gasteiger partial charge in [0.2, 0.25) is 0 Å². The van der Waals surface area contributed by atoms with E-state index >= 15 is 0 Å². The van der Waals surface area contributed by atoms with Crippen LogP contribution in [0.1, 0.15) is 22.3 Å². The summed E-state index contributed by atoms with van der Waals surface area (Å²) >= 11 is 3.41. The third-order valence-corrected chi connectivity index (χ3v) is 3.26. The first-order valence-corrected chi connectivity index (χ1v) is 6.17. The first-order chi connectivity index (χ1) is 7.56. The zero-order valence-electron chi connectivity index (χ0n) is 9.65. The van der Waals surface area contributed by atoms with Crippen molar-refractivity contribution in [3.05, 3.63) is 33.8 Å². The molecule has 1 atom stereocenters. The van der Waals surface area contributed by atoms with Crippen molar-refractivity contribution in [1.29, 1.82) is 0 Å². The van der Waals surface area contributed by atoms with Gasteiger partial charge in [-0.05, 0) is 37.1 Å². The lowest BCUT2D eigenvalue weighted by molar-refractivity contribution is 0.0790. The highest BCUT2D eigenvalue weighted by molar-refractivity contribution is 9.10. The highest BCUT2D eigenvalue weighted by Crippen LogP contribution is 2.18. The van der Waals surface area contributed by atoms with Crippen LogP contribution in [0.5, 0.6) is 0 Å². The largest absolute Gasteiger partial charge is 0.337 e. The molecule has 0 radical (unpaired) electrons. The lowest BCUT2D eigenvalue weighted by Crippen LogP contribution is -2.31. The lowest BCUT2D eigenvalue weighted by Gasteiger charge is -2.16. The fourth-order valence-corrected chi connectivity index (χ4v) is 2.62. The Hall–Kier alpha value is -0.580. The number of likely N-dealkylation sites (tertiary alicyclic amines) is 1. The second-order valence-corrected chi connectivity index (χ2v) is 5.23. The van der Waals surface area contributed by atoms with Gasteiger partial charge in [-0.25, -0.2) is 0 Å². The van der Waals surface area contributed by atoms with Crippen molar-refractivity contribution >= 4 is 34.2 Å². The molecule has 0 saturated carbocycles. The first-order valence-electron chi connectivity index (χ1n) is 5.38. The van der Waals surface area contributed by atoms with Gasteiger partial charge in [-0.15, -0.1) is 12.4 Å². The van der Waals surface area contributed by atoms with E-state index in [0.29, 0.717) is 6.54 Å². The van der Waals surface area contributed by atoms with E-state index in [1.165, 1.54) is 0 Å². The van der Waals surface area contributed by atoms with Crippen LogP contribution in [0.2, 0.25) is 0 Å². The number of amides is 1. The number of rotatable bonds is 1. The Morgan fingerprint density at radius 1 is 1.47 bits per heavy atom. The summed E-state index contributed by atoms with van der Waals surface area (Å²) in [6.45, 7) is 3.42. The van der Waals surface area contributed by atoms with E-state index in [9.17, 15) is 4.79 Å². The van der Waals surface area contributed by atoms with E-state index in [-0.39, 0.29) is 24.4 Å². The monoisotopic (exact) mass is 318 g/mol. The van der Waals surface area contributed by atoms with Gasteiger partial charge in [-0.2, -0.15) is 0 Å². The van der Waals surface area contributed by atoms with Gasteiger partial charge in [0.15, 0.2) is 0 Å². The molecular weight excluding hydrogens is 304 g/mol. The van der Waals surface area contributed by atoms with Gasteiger partial charge < -0.3 is 10.6 Å². The van der Waals surface area contributed by atoms with Crippen LogP contribution >= 0.6 is 28.3 Å². The van der Waals surface area contributed by atoms with Crippen molar-refractivity contribution in [3.63, 3.8) is 0 Å². The number of hydrogen-bond donors (Lipinski definition) is 1. The number of carbonyl (C=O) groups is 1. The number of hydrogen-bond acceptors (Lipinski definition) is 2. The molecule has 1 aromatic rings. The zero-order chi connectivity index (χ0) is 11.7. The van der Waals surface area contributed by atoms with Crippen LogP contribution in [0.15, 0.2) is 22.7 Å². The summed E-state index contributed by atoms with van der Waals surface area (Å²) in [7, 11) is 0. The molecule has 1 aliphatic heterocycles. The Labute approximate surface area is 116 Å². The summed E-state index contributed by atoms with van der Waals surface area (Å²) in [6, 6.07) is 5.90. The minimum Gasteiger partial charge on any atom is -0.337 e. The number of carbonyl (C=O) groups excluding carboxylic acids is 1. The predicted octanol–water partition coefficient (Wildman–Crippen LogP) is 2.35. The van der Waals surface area contributed by atoms with Crippen LogP contribution in [0, 0.1) is 6.92 Å². The number of aryl methyl sites for hydroxylation is 1. The molecule has 0 aromatic heterocycles. The van der Waals surface area contributed by atoms with Crippen molar-refractivity contribution in [3.8, 4) is 0 Å². The Kier molecular flexibility index (Phi) is 4.98. The zero-order valence-corrected chi connectivity index (χ0v) is 12.1. The second-order valence-electron chi connectivity index (χ2n) is 4.32. The SMILES string of the molecule is Cc1cc(Br)cc(C(=O)N2CC[C@H](N)C2)c1.Cl. The lowest BCUT2D eigenvalue weighted by atomic mass is 10.1. The smallest absolute Gasteiger partial charge is 0.253 e. The summed E-state index contributed by atoms with van der Waals surface area (Å²) in [5, 5.41) is 0. The van der Waals surface area contributed by atoms with Crippen molar-refractivity contribution in [1.82, 2.24) is 4.90 Å². The van der Waals surface area contributed by atoms with Crippen LogP contribution in [0.3, 0.4) is 0 Å². The molecule has 2 rings (SSSR count). The third kappa shape index (κ3) is 3.44. The van der Waals surface area contributed by atoms with Crippen LogP contribution in [0.25, 0.3) is 0 Å². The van der Waals surface area contributed by atoms with E-state index in [0.717, 1.165) is 28.6 Å². The van der Waals surface area contributed by atoms with Crippen molar-refractivity contribution in [2.75, 3.05) is 13.1 Å². The van der Waals surface area contributed by atoms with Gasteiger partial charge in [0.25, 0.3) is 5.91 Å². The minimum absolute atomic E-state index is 0. The Bertz CT molecular complexity index is 405. The van der Waals surface area contributed by atoms with Gasteiger partial charge in [0.1, 0.15) is 0 Å². The van der Waals surface area contributed by atoms with Gasteiger partial charge >= 0.3 is 0 Å². The van der Waals surface area contributed by atoms with Crippen molar-refractivity contribution in [2.24, 2.45) is 5.73 Å². The maximum absolute atomic E-state index is 12.1. The van der Waals surface area contributed by atoms with E-state index < -0.39 is 0 Å². The van der Waals surface area contributed by atoms with Crippen LogP contribution < -0.4 is 5.73 Å². The molecule has 1 amide bonds. The highest BCUT2D eigenvalue weighted by Gasteiger charge is 2.24. The molecule has 1 aliphatic rings. The fraction of sp³-hybridized carbons (Fsp3) is 0.417. The first kappa shape index (κ1) is 14.5. The van der Waals surface area contributed by atoms with E-state index in [4.69, 9.17) is 5.73 Å². The topological polar surface area (TPSA) is 46.3 Å². The van der Waals surface area contributed by atoms with Gasteiger partial charge in [-0.3, -0.25) is 4.79 Å². The summed E-state index contributed by atoms with van der Waals surface area (Å²) in [5.41, 5.74) is 7.62. The molecule has 1 fully saturated rings. The number of nitrogens with two attached hydrogens (primary N) is 1. The quantitative estimate of drug-likeness (QED) is 0.863. The molecule has 0 bridgehead atoms. The maximum Gasteiger partial charge on any atom is 0.253 e. The number of nitrogens with zero attached hydrogens (tertiary/aromatic N) is 1. The number of halogens is 2. The Balaban J connectivity index is 0.00000144. The Morgan fingerprint density at radius 3 is 2.71 bits per heavy atom. The molecule has 1 heterocycles. The molecule has 94 valence electrons. The van der Waals surface area contributed by atoms with Gasteiger partial charge in [0.05, 0.1) is 0 Å². The molecule has 1 aromatic carbocycles. The van der Waals surface area contributed by atoms with Crippen LogP contribution in [-0.4, -0.2) is 29.9 Å². The molecule has 0 spiro atoms. The molecule has 3 nitrogen and oxygen atoms in total. The summed E-state index contributed by atoms with van der Waals surface area (Å²) in [5.74, 6) is 0.0809. The summed E-state index contributed by atoms with van der Waals surface area (Å²) in [4.78, 5) is 14.0. The fourth-order valence-electron chi connectivity index (χ4n) is 2.01. The average Bonchev–Trinajstić information content (AvgIpc) is 2.62. The van der Waals surface area contributed by atoms with E-state index in [2.05, 4.69) is 15.9 Å². The van der Waals surface area contributed by atoms with Crippen LogP contribution in [-0.2, 0) is 0 Å². The normalized spacial score (nSPS) is 19.0. The van der Waals surface area contributed by atoms with Crippen molar-refractivity contribution < 1.29 is 4.79 Å². The summed E-state index contributed by atoms with van der Waals surface area (Å²) < 4.78 is 0.944. The standard InChI is InChI=1S/C12H15BrN2O.ClH/c1-8-4-9(6-10(13)5-8)12(16)15-3-2-11(14)7-15;/h4-6,11H,2-3,7,14H2,1H3;1H/t11-;/m0./s1.